The quantitative estimate of drug-likeness (QED) is 0.878. The lowest BCUT2D eigenvalue weighted by molar-refractivity contribution is 0.518. The van der Waals surface area contributed by atoms with E-state index in [-0.39, 0.29) is 0 Å². The minimum atomic E-state index is 0.745. The first kappa shape index (κ1) is 10.6. The third kappa shape index (κ3) is 2.40. The van der Waals surface area contributed by atoms with Crippen molar-refractivity contribution in [2.45, 2.75) is 32.1 Å². The maximum absolute atomic E-state index is 4.42. The molecule has 0 bridgehead atoms. The van der Waals surface area contributed by atoms with Crippen LogP contribution in [0.3, 0.4) is 0 Å². The molecule has 2 heterocycles. The van der Waals surface area contributed by atoms with Gasteiger partial charge < -0.3 is 5.32 Å². The number of anilines is 1. The Balaban J connectivity index is 1.57. The first-order valence-electron chi connectivity index (χ1n) is 6.47. The molecule has 0 spiro atoms. The van der Waals surface area contributed by atoms with Gasteiger partial charge in [0.15, 0.2) is 5.65 Å². The van der Waals surface area contributed by atoms with E-state index in [2.05, 4.69) is 15.4 Å². The molecular weight excluding hydrogens is 212 g/mol. The Morgan fingerprint density at radius 2 is 2.18 bits per heavy atom. The van der Waals surface area contributed by atoms with E-state index in [4.69, 9.17) is 0 Å². The molecule has 90 valence electrons. The van der Waals surface area contributed by atoms with Gasteiger partial charge in [-0.15, -0.1) is 5.10 Å². The molecule has 4 nitrogen and oxygen atoms in total. The maximum Gasteiger partial charge on any atom is 0.243 e. The van der Waals surface area contributed by atoms with Crippen LogP contribution in [-0.4, -0.2) is 21.1 Å². The van der Waals surface area contributed by atoms with Gasteiger partial charge in [0.2, 0.25) is 5.95 Å². The van der Waals surface area contributed by atoms with E-state index < -0.39 is 0 Å². The largest absolute Gasteiger partial charge is 0.353 e. The van der Waals surface area contributed by atoms with E-state index in [1.165, 1.54) is 32.1 Å². The molecule has 1 saturated carbocycles. The molecule has 1 N–H and O–H groups in total. The van der Waals surface area contributed by atoms with Gasteiger partial charge in [0.1, 0.15) is 0 Å². The summed E-state index contributed by atoms with van der Waals surface area (Å²) in [4.78, 5) is 4.42. The predicted molar refractivity (Wildman–Crippen MR) is 68.1 cm³/mol. The summed E-state index contributed by atoms with van der Waals surface area (Å²) in [5, 5.41) is 7.69. The lowest BCUT2D eigenvalue weighted by Gasteiger charge is -2.07. The maximum atomic E-state index is 4.42. The van der Waals surface area contributed by atoms with Crippen LogP contribution in [0.1, 0.15) is 32.1 Å². The fourth-order valence-corrected chi connectivity index (χ4v) is 2.59. The molecule has 0 saturated heterocycles. The molecule has 0 aliphatic heterocycles. The SMILES string of the molecule is c1ccn2nc(NCCC3CCCC3)nc2c1. The fourth-order valence-electron chi connectivity index (χ4n) is 2.59. The number of hydrogen-bond acceptors (Lipinski definition) is 3. The molecule has 0 radical (unpaired) electrons. The first-order chi connectivity index (χ1) is 8.42. The molecule has 17 heavy (non-hydrogen) atoms. The number of aromatic nitrogens is 3. The Hall–Kier alpha value is -1.58. The first-order valence-corrected chi connectivity index (χ1v) is 6.47. The lowest BCUT2D eigenvalue weighted by Crippen LogP contribution is -2.07. The zero-order valence-corrected chi connectivity index (χ0v) is 9.97. The average molecular weight is 230 g/mol. The minimum Gasteiger partial charge on any atom is -0.353 e. The molecular formula is C13H18N4. The molecule has 3 rings (SSSR count). The normalized spacial score (nSPS) is 16.7. The summed E-state index contributed by atoms with van der Waals surface area (Å²) < 4.78 is 1.80. The molecule has 1 fully saturated rings. The van der Waals surface area contributed by atoms with Crippen molar-refractivity contribution in [3.63, 3.8) is 0 Å². The van der Waals surface area contributed by atoms with E-state index in [1.807, 2.05) is 24.4 Å². The molecule has 0 atom stereocenters. The van der Waals surface area contributed by atoms with Crippen LogP contribution in [-0.2, 0) is 0 Å². The smallest absolute Gasteiger partial charge is 0.243 e. The number of fused-ring (bicyclic) bond motifs is 1. The van der Waals surface area contributed by atoms with Gasteiger partial charge in [-0.1, -0.05) is 31.7 Å². The van der Waals surface area contributed by atoms with E-state index in [1.54, 1.807) is 4.52 Å². The van der Waals surface area contributed by atoms with Crippen molar-refractivity contribution >= 4 is 11.6 Å². The van der Waals surface area contributed by atoms with Gasteiger partial charge in [-0.3, -0.25) is 0 Å². The highest BCUT2D eigenvalue weighted by molar-refractivity contribution is 5.42. The summed E-state index contributed by atoms with van der Waals surface area (Å²) in [6.45, 7) is 0.988. The van der Waals surface area contributed by atoms with Gasteiger partial charge >= 0.3 is 0 Å². The van der Waals surface area contributed by atoms with Gasteiger partial charge in [0, 0.05) is 12.7 Å². The summed E-state index contributed by atoms with van der Waals surface area (Å²) in [6.07, 6.45) is 8.80. The summed E-state index contributed by atoms with van der Waals surface area (Å²) in [5.74, 6) is 1.66. The minimum absolute atomic E-state index is 0.745. The summed E-state index contributed by atoms with van der Waals surface area (Å²) in [7, 11) is 0. The number of pyridine rings is 1. The third-order valence-corrected chi connectivity index (χ3v) is 3.55. The predicted octanol–water partition coefficient (Wildman–Crippen LogP) is 2.72. The van der Waals surface area contributed by atoms with Crippen LogP contribution in [0.4, 0.5) is 5.95 Å². The third-order valence-electron chi connectivity index (χ3n) is 3.55. The average Bonchev–Trinajstić information content (AvgIpc) is 2.96. The van der Waals surface area contributed by atoms with Gasteiger partial charge in [-0.2, -0.15) is 4.98 Å². The van der Waals surface area contributed by atoms with E-state index in [0.29, 0.717) is 0 Å². The Bertz CT molecular complexity index is 452. The van der Waals surface area contributed by atoms with E-state index in [0.717, 1.165) is 24.1 Å². The summed E-state index contributed by atoms with van der Waals surface area (Å²) >= 11 is 0. The van der Waals surface area contributed by atoms with Crippen molar-refractivity contribution in [2.75, 3.05) is 11.9 Å². The van der Waals surface area contributed by atoms with Crippen molar-refractivity contribution in [1.82, 2.24) is 14.6 Å². The number of hydrogen-bond donors (Lipinski definition) is 1. The Morgan fingerprint density at radius 3 is 3.00 bits per heavy atom. The second-order valence-electron chi connectivity index (χ2n) is 4.80. The zero-order chi connectivity index (χ0) is 11.5. The van der Waals surface area contributed by atoms with Crippen LogP contribution in [0.2, 0.25) is 0 Å². The molecule has 0 amide bonds. The molecule has 2 aromatic rings. The van der Waals surface area contributed by atoms with Crippen LogP contribution >= 0.6 is 0 Å². The highest BCUT2D eigenvalue weighted by atomic mass is 15.3. The van der Waals surface area contributed by atoms with Crippen molar-refractivity contribution in [3.8, 4) is 0 Å². The Kier molecular flexibility index (Phi) is 2.94. The second kappa shape index (κ2) is 4.73. The topological polar surface area (TPSA) is 42.2 Å². The van der Waals surface area contributed by atoms with Crippen LogP contribution in [0, 0.1) is 5.92 Å². The molecule has 0 unspecified atom stereocenters. The van der Waals surface area contributed by atoms with Crippen LogP contribution < -0.4 is 5.32 Å². The van der Waals surface area contributed by atoms with Crippen molar-refractivity contribution in [2.24, 2.45) is 5.92 Å². The molecule has 4 heteroatoms. The molecule has 2 aromatic heterocycles. The highest BCUT2D eigenvalue weighted by Crippen LogP contribution is 2.27. The van der Waals surface area contributed by atoms with Gasteiger partial charge in [0.05, 0.1) is 0 Å². The van der Waals surface area contributed by atoms with Gasteiger partial charge in [0.25, 0.3) is 0 Å². The Labute approximate surface area is 101 Å². The molecule has 0 aromatic carbocycles. The Morgan fingerprint density at radius 1 is 1.29 bits per heavy atom. The van der Waals surface area contributed by atoms with E-state index in [9.17, 15) is 0 Å². The number of nitrogens with zero attached hydrogens (tertiary/aromatic N) is 3. The summed E-state index contributed by atoms with van der Waals surface area (Å²) in [6, 6.07) is 5.91. The van der Waals surface area contributed by atoms with Crippen molar-refractivity contribution in [3.05, 3.63) is 24.4 Å². The van der Waals surface area contributed by atoms with Crippen LogP contribution in [0.5, 0.6) is 0 Å². The van der Waals surface area contributed by atoms with Crippen molar-refractivity contribution < 1.29 is 0 Å². The zero-order valence-electron chi connectivity index (χ0n) is 9.97. The van der Waals surface area contributed by atoms with Gasteiger partial charge in [-0.25, -0.2) is 4.52 Å². The monoisotopic (exact) mass is 230 g/mol. The summed E-state index contributed by atoms with van der Waals surface area (Å²) in [5.41, 5.74) is 0.899. The highest BCUT2D eigenvalue weighted by Gasteiger charge is 2.14. The van der Waals surface area contributed by atoms with Gasteiger partial charge in [-0.05, 0) is 24.5 Å². The molecule has 1 aliphatic rings. The molecule has 1 aliphatic carbocycles. The van der Waals surface area contributed by atoms with Crippen LogP contribution in [0.15, 0.2) is 24.4 Å². The fraction of sp³-hybridized carbons (Fsp3) is 0.538. The second-order valence-corrected chi connectivity index (χ2v) is 4.80. The standard InChI is InChI=1S/C13H18N4/c1-2-6-11(5-1)8-9-14-13-15-12-7-3-4-10-17(12)16-13/h3-4,7,10-11H,1-2,5-6,8-9H2,(H,14,16). The number of nitrogens with one attached hydrogen (secondary N) is 1. The van der Waals surface area contributed by atoms with E-state index >= 15 is 0 Å². The lowest BCUT2D eigenvalue weighted by atomic mass is 10.0. The number of rotatable bonds is 4. The van der Waals surface area contributed by atoms with Crippen LogP contribution in [0.25, 0.3) is 5.65 Å². The van der Waals surface area contributed by atoms with Crippen molar-refractivity contribution in [1.29, 1.82) is 0 Å².